The van der Waals surface area contributed by atoms with Crippen LogP contribution in [0, 0.1) is 5.41 Å². The molecule has 0 spiro atoms. The highest BCUT2D eigenvalue weighted by molar-refractivity contribution is 5.41. The van der Waals surface area contributed by atoms with Crippen LogP contribution in [0.1, 0.15) is 51.6 Å². The minimum atomic E-state index is 0.480. The zero-order valence-electron chi connectivity index (χ0n) is 11.9. The average molecular weight is 246 g/mol. The molecule has 2 heteroatoms. The lowest BCUT2D eigenvalue weighted by Gasteiger charge is -2.29. The lowest BCUT2D eigenvalue weighted by Crippen LogP contribution is -2.28. The molecule has 1 unspecified atom stereocenters. The smallest absolute Gasteiger partial charge is 0.0320 e. The largest absolute Gasteiger partial charge is 0.399 e. The van der Waals surface area contributed by atoms with Gasteiger partial charge in [0, 0.05) is 18.3 Å². The molecule has 1 aliphatic rings. The third-order valence-corrected chi connectivity index (χ3v) is 4.91. The zero-order chi connectivity index (χ0) is 13.2. The van der Waals surface area contributed by atoms with E-state index in [0.29, 0.717) is 11.5 Å². The van der Waals surface area contributed by atoms with Gasteiger partial charge in [0.15, 0.2) is 0 Å². The molecule has 2 nitrogen and oxygen atoms in total. The molecular formula is C16H26N2. The molecule has 0 bridgehead atoms. The summed E-state index contributed by atoms with van der Waals surface area (Å²) in [4.78, 5) is 2.61. The predicted octanol–water partition coefficient (Wildman–Crippen LogP) is 3.84. The fourth-order valence-corrected chi connectivity index (χ4v) is 3.16. The number of hydrogen-bond donors (Lipinski definition) is 1. The SMILES string of the molecule is CCC1(CC)CCN(C(C)c2cccc(N)c2)C1. The molecule has 1 heterocycles. The van der Waals surface area contributed by atoms with E-state index in [4.69, 9.17) is 5.73 Å². The summed E-state index contributed by atoms with van der Waals surface area (Å²) in [6.07, 6.45) is 3.93. The van der Waals surface area contributed by atoms with Crippen LogP contribution in [0.15, 0.2) is 24.3 Å². The number of nitrogens with zero attached hydrogens (tertiary/aromatic N) is 1. The second-order valence-corrected chi connectivity index (χ2v) is 5.77. The van der Waals surface area contributed by atoms with E-state index < -0.39 is 0 Å². The minimum Gasteiger partial charge on any atom is -0.399 e. The second kappa shape index (κ2) is 5.31. The maximum absolute atomic E-state index is 5.88. The fourth-order valence-electron chi connectivity index (χ4n) is 3.16. The first kappa shape index (κ1) is 13.4. The van der Waals surface area contributed by atoms with Crippen molar-refractivity contribution >= 4 is 5.69 Å². The highest BCUT2D eigenvalue weighted by atomic mass is 15.2. The molecular weight excluding hydrogens is 220 g/mol. The average Bonchev–Trinajstić information content (AvgIpc) is 2.83. The van der Waals surface area contributed by atoms with Crippen molar-refractivity contribution in [2.24, 2.45) is 5.41 Å². The Hall–Kier alpha value is -1.02. The van der Waals surface area contributed by atoms with E-state index in [1.807, 2.05) is 6.07 Å². The summed E-state index contributed by atoms with van der Waals surface area (Å²) in [7, 11) is 0. The summed E-state index contributed by atoms with van der Waals surface area (Å²) < 4.78 is 0. The van der Waals surface area contributed by atoms with Crippen molar-refractivity contribution in [3.8, 4) is 0 Å². The van der Waals surface area contributed by atoms with Gasteiger partial charge in [-0.3, -0.25) is 4.90 Å². The molecule has 2 N–H and O–H groups in total. The monoisotopic (exact) mass is 246 g/mol. The van der Waals surface area contributed by atoms with E-state index >= 15 is 0 Å². The number of hydrogen-bond acceptors (Lipinski definition) is 2. The van der Waals surface area contributed by atoms with Gasteiger partial charge in [0.1, 0.15) is 0 Å². The third kappa shape index (κ3) is 2.54. The van der Waals surface area contributed by atoms with Gasteiger partial charge >= 0.3 is 0 Å². The quantitative estimate of drug-likeness (QED) is 0.818. The Kier molecular flexibility index (Phi) is 3.96. The molecule has 1 aliphatic heterocycles. The van der Waals surface area contributed by atoms with Gasteiger partial charge in [0.05, 0.1) is 0 Å². The maximum Gasteiger partial charge on any atom is 0.0320 e. The molecule has 2 rings (SSSR count). The Morgan fingerprint density at radius 3 is 2.61 bits per heavy atom. The molecule has 1 fully saturated rings. The molecule has 0 saturated carbocycles. The van der Waals surface area contributed by atoms with Crippen molar-refractivity contribution in [3.63, 3.8) is 0 Å². The van der Waals surface area contributed by atoms with Crippen LogP contribution < -0.4 is 5.73 Å². The summed E-state index contributed by atoms with van der Waals surface area (Å²) in [6.45, 7) is 9.42. The van der Waals surface area contributed by atoms with Gasteiger partial charge in [-0.15, -0.1) is 0 Å². The topological polar surface area (TPSA) is 29.3 Å². The highest BCUT2D eigenvalue weighted by Crippen LogP contribution is 2.40. The molecule has 1 atom stereocenters. The van der Waals surface area contributed by atoms with Crippen molar-refractivity contribution in [3.05, 3.63) is 29.8 Å². The predicted molar refractivity (Wildman–Crippen MR) is 78.5 cm³/mol. The Balaban J connectivity index is 2.10. The number of benzene rings is 1. The van der Waals surface area contributed by atoms with Crippen LogP contribution in [0.2, 0.25) is 0 Å². The normalized spacial score (nSPS) is 21.1. The third-order valence-electron chi connectivity index (χ3n) is 4.91. The van der Waals surface area contributed by atoms with Gasteiger partial charge in [0.2, 0.25) is 0 Å². The van der Waals surface area contributed by atoms with E-state index in [-0.39, 0.29) is 0 Å². The first-order valence-corrected chi connectivity index (χ1v) is 7.20. The first-order chi connectivity index (χ1) is 8.60. The van der Waals surface area contributed by atoms with Crippen molar-refractivity contribution in [2.75, 3.05) is 18.8 Å². The van der Waals surface area contributed by atoms with Crippen molar-refractivity contribution in [1.82, 2.24) is 4.90 Å². The van der Waals surface area contributed by atoms with E-state index in [2.05, 4.69) is 43.9 Å². The number of rotatable bonds is 4. The molecule has 1 saturated heterocycles. The zero-order valence-corrected chi connectivity index (χ0v) is 11.9. The van der Waals surface area contributed by atoms with Crippen LogP contribution in [0.3, 0.4) is 0 Å². The van der Waals surface area contributed by atoms with Crippen LogP contribution in [-0.4, -0.2) is 18.0 Å². The summed E-state index contributed by atoms with van der Waals surface area (Å²) in [5, 5.41) is 0. The van der Waals surface area contributed by atoms with Crippen molar-refractivity contribution in [1.29, 1.82) is 0 Å². The Morgan fingerprint density at radius 2 is 2.06 bits per heavy atom. The van der Waals surface area contributed by atoms with Gasteiger partial charge in [0.25, 0.3) is 0 Å². The summed E-state index contributed by atoms with van der Waals surface area (Å²) in [6, 6.07) is 8.81. The van der Waals surface area contributed by atoms with E-state index in [1.54, 1.807) is 0 Å². The second-order valence-electron chi connectivity index (χ2n) is 5.77. The van der Waals surface area contributed by atoms with E-state index in [0.717, 1.165) is 5.69 Å². The van der Waals surface area contributed by atoms with Crippen LogP contribution >= 0.6 is 0 Å². The molecule has 0 amide bonds. The maximum atomic E-state index is 5.88. The summed E-state index contributed by atoms with van der Waals surface area (Å²) >= 11 is 0. The number of likely N-dealkylation sites (tertiary alicyclic amines) is 1. The molecule has 1 aromatic carbocycles. The Morgan fingerprint density at radius 1 is 1.33 bits per heavy atom. The lowest BCUT2D eigenvalue weighted by molar-refractivity contribution is 0.204. The Labute approximate surface area is 111 Å². The standard InChI is InChI=1S/C16H26N2/c1-4-16(5-2)9-10-18(12-16)13(3)14-7-6-8-15(17)11-14/h6-8,11,13H,4-5,9-10,12,17H2,1-3H3. The number of anilines is 1. The Bertz CT molecular complexity index is 396. The molecule has 0 radical (unpaired) electrons. The van der Waals surface area contributed by atoms with Gasteiger partial charge < -0.3 is 5.73 Å². The first-order valence-electron chi connectivity index (χ1n) is 7.20. The van der Waals surface area contributed by atoms with Crippen LogP contribution in [0.4, 0.5) is 5.69 Å². The van der Waals surface area contributed by atoms with Crippen molar-refractivity contribution < 1.29 is 0 Å². The molecule has 1 aromatic rings. The van der Waals surface area contributed by atoms with Gasteiger partial charge in [-0.25, -0.2) is 0 Å². The molecule has 0 aromatic heterocycles. The molecule has 0 aliphatic carbocycles. The molecule has 18 heavy (non-hydrogen) atoms. The van der Waals surface area contributed by atoms with Gasteiger partial charge in [-0.05, 0) is 55.8 Å². The minimum absolute atomic E-state index is 0.480. The summed E-state index contributed by atoms with van der Waals surface area (Å²) in [5.74, 6) is 0. The number of nitrogen functional groups attached to an aromatic ring is 1. The van der Waals surface area contributed by atoms with Gasteiger partial charge in [-0.2, -0.15) is 0 Å². The van der Waals surface area contributed by atoms with Crippen molar-refractivity contribution in [2.45, 2.75) is 46.1 Å². The summed E-state index contributed by atoms with van der Waals surface area (Å²) in [5.41, 5.74) is 8.65. The van der Waals surface area contributed by atoms with Gasteiger partial charge in [-0.1, -0.05) is 26.0 Å². The van der Waals surface area contributed by atoms with Crippen LogP contribution in [0.5, 0.6) is 0 Å². The fraction of sp³-hybridized carbons (Fsp3) is 0.625. The van der Waals surface area contributed by atoms with E-state index in [1.165, 1.54) is 37.9 Å². The number of nitrogens with two attached hydrogens (primary N) is 1. The van der Waals surface area contributed by atoms with Crippen LogP contribution in [0.25, 0.3) is 0 Å². The lowest BCUT2D eigenvalue weighted by atomic mass is 9.82. The van der Waals surface area contributed by atoms with E-state index in [9.17, 15) is 0 Å². The van der Waals surface area contributed by atoms with Crippen LogP contribution in [-0.2, 0) is 0 Å². The highest BCUT2D eigenvalue weighted by Gasteiger charge is 2.36. The molecule has 100 valence electrons.